The molecule has 32 heavy (non-hydrogen) atoms. The van der Waals surface area contributed by atoms with Crippen molar-refractivity contribution in [3.05, 3.63) is 0 Å². The van der Waals surface area contributed by atoms with Gasteiger partial charge in [-0.2, -0.15) is 0 Å². The molecule has 0 aromatic rings. The number of carbonyl (C=O) groups excluding carboxylic acids is 6. The molecule has 1 radical (unpaired) electrons. The molecule has 10 nitrogen and oxygen atoms in total. The predicted molar refractivity (Wildman–Crippen MR) is 106 cm³/mol. The SMILES string of the molecule is CC(C)O.CCCC(=O)CC(=O)[O-].CCCC(=O)CC(=O)[O-].CCCC(=O)CC(=O)[O-].[Ti+3]. The van der Waals surface area contributed by atoms with Crippen molar-refractivity contribution in [1.29, 1.82) is 0 Å². The van der Waals surface area contributed by atoms with Gasteiger partial charge in [-0.25, -0.2) is 0 Å². The molecule has 0 heterocycles. The number of carboxylic acid groups (broad SMARTS) is 3. The van der Waals surface area contributed by atoms with Crippen LogP contribution in [0.2, 0.25) is 0 Å². The number of carboxylic acids is 3. The number of rotatable bonds is 12. The number of aliphatic carboxylic acids is 3. The molecule has 0 amide bonds. The maximum Gasteiger partial charge on any atom is 3.00 e. The van der Waals surface area contributed by atoms with Crippen molar-refractivity contribution < 1.29 is 70.9 Å². The largest absolute Gasteiger partial charge is 3.00 e. The minimum Gasteiger partial charge on any atom is -0.550 e. The first-order valence-electron chi connectivity index (χ1n) is 10.1. The third-order valence-corrected chi connectivity index (χ3v) is 2.61. The molecule has 0 bridgehead atoms. The number of hydrogen-bond acceptors (Lipinski definition) is 10. The zero-order valence-corrected chi connectivity index (χ0v) is 21.1. The van der Waals surface area contributed by atoms with E-state index in [0.717, 1.165) is 0 Å². The molecule has 0 spiro atoms. The summed E-state index contributed by atoms with van der Waals surface area (Å²) < 4.78 is 0. The summed E-state index contributed by atoms with van der Waals surface area (Å²) in [6.45, 7) is 8.92. The van der Waals surface area contributed by atoms with Crippen LogP contribution < -0.4 is 15.3 Å². The van der Waals surface area contributed by atoms with E-state index in [1.165, 1.54) is 0 Å². The first-order valence-corrected chi connectivity index (χ1v) is 10.1. The maximum atomic E-state index is 10.4. The van der Waals surface area contributed by atoms with Crippen molar-refractivity contribution in [3.8, 4) is 0 Å². The van der Waals surface area contributed by atoms with E-state index in [4.69, 9.17) is 5.11 Å². The Bertz CT molecular complexity index is 471. The molecule has 0 atom stereocenters. The first-order chi connectivity index (χ1) is 14.2. The topological polar surface area (TPSA) is 192 Å². The number of aliphatic hydroxyl groups excluding tert-OH is 1. The van der Waals surface area contributed by atoms with Crippen LogP contribution in [0.15, 0.2) is 0 Å². The Kier molecular flexibility index (Phi) is 36.8. The van der Waals surface area contributed by atoms with Crippen LogP contribution in [0.3, 0.4) is 0 Å². The summed E-state index contributed by atoms with van der Waals surface area (Å²) >= 11 is 0. The number of Topliss-reactive ketones (excluding diaryl/α,β-unsaturated/α-hetero) is 3. The van der Waals surface area contributed by atoms with Crippen LogP contribution in [0.5, 0.6) is 0 Å². The van der Waals surface area contributed by atoms with Crippen LogP contribution in [0.25, 0.3) is 0 Å². The monoisotopic (exact) mass is 495 g/mol. The second-order valence-electron chi connectivity index (χ2n) is 6.61. The fraction of sp³-hybridized carbons (Fsp3) is 0.714. The van der Waals surface area contributed by atoms with E-state index in [9.17, 15) is 44.1 Å². The Balaban J connectivity index is -0.000000104. The van der Waals surface area contributed by atoms with Gasteiger partial charge in [-0.1, -0.05) is 20.8 Å². The summed E-state index contributed by atoms with van der Waals surface area (Å²) in [5.41, 5.74) is 0. The minimum atomic E-state index is -1.28. The van der Waals surface area contributed by atoms with Gasteiger partial charge in [-0.3, -0.25) is 14.4 Å². The van der Waals surface area contributed by atoms with E-state index < -0.39 is 37.2 Å². The van der Waals surface area contributed by atoms with Gasteiger partial charge in [0.15, 0.2) is 0 Å². The van der Waals surface area contributed by atoms with E-state index in [0.29, 0.717) is 38.5 Å². The average Bonchev–Trinajstić information content (AvgIpc) is 2.53. The van der Waals surface area contributed by atoms with Crippen LogP contribution in [0.4, 0.5) is 0 Å². The molecule has 0 fully saturated rings. The molecule has 0 aromatic carbocycles. The Labute approximate surface area is 204 Å². The maximum absolute atomic E-state index is 10.4. The van der Waals surface area contributed by atoms with Crippen LogP contribution >= 0.6 is 0 Å². The molecule has 0 aliphatic carbocycles. The molecule has 0 unspecified atom stereocenters. The average molecular weight is 495 g/mol. The zero-order chi connectivity index (χ0) is 25.4. The quantitative estimate of drug-likeness (QED) is 0.256. The molecule has 0 aromatic heterocycles. The molecule has 0 rings (SSSR count). The van der Waals surface area contributed by atoms with Gasteiger partial charge < -0.3 is 34.8 Å². The van der Waals surface area contributed by atoms with Crippen molar-refractivity contribution >= 4 is 35.3 Å². The third kappa shape index (κ3) is 56.6. The van der Waals surface area contributed by atoms with Crippen LogP contribution in [-0.4, -0.2) is 46.5 Å². The van der Waals surface area contributed by atoms with Crippen molar-refractivity contribution in [2.24, 2.45) is 0 Å². The van der Waals surface area contributed by atoms with Crippen LogP contribution in [0.1, 0.15) is 92.4 Å². The van der Waals surface area contributed by atoms with E-state index in [2.05, 4.69) is 0 Å². The Morgan fingerprint density at radius 1 is 0.594 bits per heavy atom. The van der Waals surface area contributed by atoms with Crippen LogP contribution in [-0.2, 0) is 50.5 Å². The van der Waals surface area contributed by atoms with Gasteiger partial charge in [0.05, 0.1) is 0 Å². The van der Waals surface area contributed by atoms with E-state index in [1.807, 2.05) is 20.8 Å². The number of ketones is 3. The Morgan fingerprint density at radius 3 is 0.844 bits per heavy atom. The molecule has 183 valence electrons. The molecular formula is C21H35O10Ti. The predicted octanol–water partition coefficient (Wildman–Crippen LogP) is -1.13. The summed E-state index contributed by atoms with van der Waals surface area (Å²) in [5, 5.41) is 37.3. The second-order valence-corrected chi connectivity index (χ2v) is 6.61. The van der Waals surface area contributed by atoms with E-state index >= 15 is 0 Å². The normalized spacial score (nSPS) is 8.72. The zero-order valence-electron chi connectivity index (χ0n) is 19.6. The summed E-state index contributed by atoms with van der Waals surface area (Å²) in [4.78, 5) is 60.6. The molecule has 0 aliphatic rings. The van der Waals surface area contributed by atoms with Crippen molar-refractivity contribution in [3.63, 3.8) is 0 Å². The Morgan fingerprint density at radius 2 is 0.750 bits per heavy atom. The molecular weight excluding hydrogens is 460 g/mol. The van der Waals surface area contributed by atoms with Gasteiger partial charge in [0, 0.05) is 62.5 Å². The van der Waals surface area contributed by atoms with E-state index in [-0.39, 0.29) is 45.2 Å². The molecule has 0 saturated heterocycles. The Hall–Kier alpha value is -1.91. The van der Waals surface area contributed by atoms with Gasteiger partial charge in [0.1, 0.15) is 17.3 Å². The fourth-order valence-corrected chi connectivity index (χ4v) is 1.58. The van der Waals surface area contributed by atoms with Crippen molar-refractivity contribution in [2.45, 2.75) is 98.5 Å². The molecule has 0 aliphatic heterocycles. The summed E-state index contributed by atoms with van der Waals surface area (Å²) in [6.07, 6.45) is 1.65. The number of aliphatic hydroxyl groups is 1. The second kappa shape index (κ2) is 29.1. The standard InChI is InChI=1S/3C6H10O3.C3H8O.Ti/c3*1-2-3-5(7)4-6(8)9;1-3(2)4;/h3*2-4H2,1H3,(H,8,9);3-4H,1-2H3;/q;;;;+3/p-3. The van der Waals surface area contributed by atoms with Gasteiger partial charge in [-0.15, -0.1) is 0 Å². The smallest absolute Gasteiger partial charge is 0.550 e. The van der Waals surface area contributed by atoms with Crippen molar-refractivity contribution in [1.82, 2.24) is 0 Å². The third-order valence-electron chi connectivity index (χ3n) is 2.61. The minimum absolute atomic E-state index is 0. The molecule has 11 heteroatoms. The summed E-state index contributed by atoms with van der Waals surface area (Å²) in [6, 6.07) is 0. The first kappa shape index (κ1) is 40.5. The van der Waals surface area contributed by atoms with Gasteiger partial charge in [0.2, 0.25) is 0 Å². The summed E-state index contributed by atoms with van der Waals surface area (Å²) in [7, 11) is 0. The van der Waals surface area contributed by atoms with Gasteiger partial charge in [0.25, 0.3) is 0 Å². The number of carbonyl (C=O) groups is 6. The van der Waals surface area contributed by atoms with Crippen LogP contribution in [0, 0.1) is 0 Å². The van der Waals surface area contributed by atoms with Gasteiger partial charge >= 0.3 is 21.7 Å². The fourth-order valence-electron chi connectivity index (χ4n) is 1.58. The summed E-state index contributed by atoms with van der Waals surface area (Å²) in [5.74, 6) is -4.61. The molecule has 1 N–H and O–H groups in total. The molecule has 0 saturated carbocycles. The van der Waals surface area contributed by atoms with Gasteiger partial charge in [-0.05, 0) is 33.1 Å². The van der Waals surface area contributed by atoms with E-state index in [1.54, 1.807) is 13.8 Å². The number of hydrogen-bond donors (Lipinski definition) is 1. The van der Waals surface area contributed by atoms with Crippen molar-refractivity contribution in [2.75, 3.05) is 0 Å².